The lowest BCUT2D eigenvalue weighted by Crippen LogP contribution is -2.09. The topological polar surface area (TPSA) is 66.8 Å². The van der Waals surface area contributed by atoms with E-state index in [-0.39, 0.29) is 5.75 Å². The summed E-state index contributed by atoms with van der Waals surface area (Å²) in [6, 6.07) is 16.9. The minimum absolute atomic E-state index is 0.231. The van der Waals surface area contributed by atoms with E-state index in [1.54, 1.807) is 18.2 Å². The summed E-state index contributed by atoms with van der Waals surface area (Å²) in [6.07, 6.45) is 0.586. The van der Waals surface area contributed by atoms with Crippen molar-refractivity contribution < 1.29 is 19.7 Å². The molecule has 2 N–H and O–H groups in total. The third-order valence-electron chi connectivity index (χ3n) is 4.53. The lowest BCUT2D eigenvalue weighted by atomic mass is 9.95. The highest BCUT2D eigenvalue weighted by atomic mass is 35.5. The molecular weight excluding hydrogens is 376 g/mol. The van der Waals surface area contributed by atoms with Crippen LogP contribution in [0.25, 0.3) is 11.1 Å². The SMILES string of the molecule is Cc1cccc(-c2cc(Cc3c(C)cc(OCC(=O)O)cc3Cl)ccc2O)c1. The lowest BCUT2D eigenvalue weighted by Gasteiger charge is -2.13. The molecule has 5 heteroatoms. The molecule has 0 heterocycles. The Balaban J connectivity index is 1.90. The quantitative estimate of drug-likeness (QED) is 0.586. The highest BCUT2D eigenvalue weighted by Crippen LogP contribution is 2.33. The van der Waals surface area contributed by atoms with Gasteiger partial charge >= 0.3 is 5.97 Å². The van der Waals surface area contributed by atoms with E-state index >= 15 is 0 Å². The summed E-state index contributed by atoms with van der Waals surface area (Å²) in [5, 5.41) is 19.6. The molecule has 0 saturated carbocycles. The Morgan fingerprint density at radius 2 is 1.86 bits per heavy atom. The predicted molar refractivity (Wildman–Crippen MR) is 110 cm³/mol. The summed E-state index contributed by atoms with van der Waals surface area (Å²) >= 11 is 6.43. The molecule has 3 aromatic carbocycles. The van der Waals surface area contributed by atoms with Gasteiger partial charge in [-0.1, -0.05) is 47.5 Å². The summed E-state index contributed by atoms with van der Waals surface area (Å²) in [5.74, 6) is -0.375. The second-order valence-electron chi connectivity index (χ2n) is 6.78. The third-order valence-corrected chi connectivity index (χ3v) is 4.86. The molecule has 0 fully saturated rings. The van der Waals surface area contributed by atoms with E-state index < -0.39 is 12.6 Å². The average Bonchev–Trinajstić information content (AvgIpc) is 2.64. The van der Waals surface area contributed by atoms with E-state index in [0.29, 0.717) is 17.2 Å². The summed E-state index contributed by atoms with van der Waals surface area (Å²) in [4.78, 5) is 10.7. The number of aliphatic carboxylic acids is 1. The Kier molecular flexibility index (Phi) is 5.90. The summed E-state index contributed by atoms with van der Waals surface area (Å²) in [6.45, 7) is 3.52. The molecule has 0 aliphatic carbocycles. The maximum atomic E-state index is 10.7. The van der Waals surface area contributed by atoms with Crippen molar-refractivity contribution in [3.8, 4) is 22.6 Å². The number of carbonyl (C=O) groups is 1. The van der Waals surface area contributed by atoms with Crippen molar-refractivity contribution in [1.29, 1.82) is 0 Å². The first-order valence-electron chi connectivity index (χ1n) is 8.86. The molecule has 0 unspecified atom stereocenters. The third kappa shape index (κ3) is 4.65. The van der Waals surface area contributed by atoms with Crippen molar-refractivity contribution in [3.63, 3.8) is 0 Å². The Hall–Kier alpha value is -2.98. The number of ether oxygens (including phenoxy) is 1. The van der Waals surface area contributed by atoms with Crippen LogP contribution in [-0.4, -0.2) is 22.8 Å². The zero-order valence-electron chi connectivity index (χ0n) is 15.7. The Morgan fingerprint density at radius 3 is 2.54 bits per heavy atom. The fraction of sp³-hybridized carbons (Fsp3) is 0.174. The van der Waals surface area contributed by atoms with Crippen LogP contribution in [0.15, 0.2) is 54.6 Å². The molecule has 28 heavy (non-hydrogen) atoms. The van der Waals surface area contributed by atoms with Crippen LogP contribution in [0, 0.1) is 13.8 Å². The summed E-state index contributed by atoms with van der Waals surface area (Å²) in [7, 11) is 0. The lowest BCUT2D eigenvalue weighted by molar-refractivity contribution is -0.139. The molecule has 0 amide bonds. The van der Waals surface area contributed by atoms with Gasteiger partial charge in [-0.05, 0) is 66.8 Å². The van der Waals surface area contributed by atoms with Gasteiger partial charge in [-0.15, -0.1) is 0 Å². The molecular formula is C23H21ClO4. The number of carboxylic acid groups (broad SMARTS) is 1. The number of hydrogen-bond donors (Lipinski definition) is 2. The monoisotopic (exact) mass is 396 g/mol. The van der Waals surface area contributed by atoms with E-state index in [2.05, 4.69) is 0 Å². The number of phenolic OH excluding ortho intramolecular Hbond substituents is 1. The van der Waals surface area contributed by atoms with Crippen LogP contribution in [0.4, 0.5) is 0 Å². The van der Waals surface area contributed by atoms with Crippen LogP contribution >= 0.6 is 11.6 Å². The molecule has 0 spiro atoms. The van der Waals surface area contributed by atoms with Crippen LogP contribution < -0.4 is 4.74 Å². The number of aromatic hydroxyl groups is 1. The van der Waals surface area contributed by atoms with Crippen molar-refractivity contribution in [3.05, 3.63) is 81.9 Å². The maximum absolute atomic E-state index is 10.7. The largest absolute Gasteiger partial charge is 0.507 e. The predicted octanol–water partition coefficient (Wildman–Crippen LogP) is 5.38. The zero-order valence-corrected chi connectivity index (χ0v) is 16.5. The van der Waals surface area contributed by atoms with Gasteiger partial charge < -0.3 is 14.9 Å². The molecule has 3 rings (SSSR count). The normalized spacial score (nSPS) is 10.7. The number of aryl methyl sites for hydroxylation is 2. The molecule has 4 nitrogen and oxygen atoms in total. The van der Waals surface area contributed by atoms with E-state index in [1.807, 2.05) is 50.2 Å². The van der Waals surface area contributed by atoms with Gasteiger partial charge in [-0.2, -0.15) is 0 Å². The van der Waals surface area contributed by atoms with Crippen molar-refractivity contribution in [1.82, 2.24) is 0 Å². The second-order valence-corrected chi connectivity index (χ2v) is 7.19. The van der Waals surface area contributed by atoms with Gasteiger partial charge in [0, 0.05) is 10.6 Å². The van der Waals surface area contributed by atoms with E-state index in [4.69, 9.17) is 21.4 Å². The molecule has 3 aromatic rings. The number of halogens is 1. The number of rotatable bonds is 6. The number of phenols is 1. The van der Waals surface area contributed by atoms with Crippen molar-refractivity contribution >= 4 is 17.6 Å². The van der Waals surface area contributed by atoms with Crippen LogP contribution in [0.5, 0.6) is 11.5 Å². The van der Waals surface area contributed by atoms with Crippen LogP contribution in [-0.2, 0) is 11.2 Å². The number of hydrogen-bond acceptors (Lipinski definition) is 3. The first-order valence-corrected chi connectivity index (χ1v) is 9.24. The van der Waals surface area contributed by atoms with Gasteiger partial charge in [-0.3, -0.25) is 0 Å². The van der Waals surface area contributed by atoms with Crippen LogP contribution in [0.2, 0.25) is 5.02 Å². The van der Waals surface area contributed by atoms with Gasteiger partial charge in [0.15, 0.2) is 6.61 Å². The Labute approximate surface area is 169 Å². The summed E-state index contributed by atoms with van der Waals surface area (Å²) < 4.78 is 5.22. The van der Waals surface area contributed by atoms with Crippen molar-refractivity contribution in [2.75, 3.05) is 6.61 Å². The van der Waals surface area contributed by atoms with Gasteiger partial charge in [0.1, 0.15) is 11.5 Å². The fourth-order valence-corrected chi connectivity index (χ4v) is 3.46. The van der Waals surface area contributed by atoms with Gasteiger partial charge in [-0.25, -0.2) is 4.79 Å². The standard InChI is InChI=1S/C23H21ClO4/c1-14-4-3-5-17(8-14)20-11-16(6-7-22(20)25)10-19-15(2)9-18(12-21(19)24)28-13-23(26)27/h3-9,11-12,25H,10,13H2,1-2H3,(H,26,27). The number of carboxylic acids is 1. The highest BCUT2D eigenvalue weighted by Gasteiger charge is 2.12. The first-order chi connectivity index (χ1) is 13.3. The minimum atomic E-state index is -1.04. The fourth-order valence-electron chi connectivity index (χ4n) is 3.14. The molecule has 0 aliphatic rings. The van der Waals surface area contributed by atoms with Gasteiger partial charge in [0.2, 0.25) is 0 Å². The molecule has 0 atom stereocenters. The maximum Gasteiger partial charge on any atom is 0.341 e. The zero-order chi connectivity index (χ0) is 20.3. The molecule has 0 saturated heterocycles. The Bertz CT molecular complexity index is 1000. The molecule has 144 valence electrons. The van der Waals surface area contributed by atoms with Crippen LogP contribution in [0.3, 0.4) is 0 Å². The highest BCUT2D eigenvalue weighted by molar-refractivity contribution is 6.31. The molecule has 0 bridgehead atoms. The first kappa shape index (κ1) is 19.8. The number of benzene rings is 3. The second kappa shape index (κ2) is 8.36. The molecule has 0 radical (unpaired) electrons. The molecule has 0 aromatic heterocycles. The van der Waals surface area contributed by atoms with Crippen molar-refractivity contribution in [2.24, 2.45) is 0 Å². The smallest absolute Gasteiger partial charge is 0.341 e. The van der Waals surface area contributed by atoms with Crippen molar-refractivity contribution in [2.45, 2.75) is 20.3 Å². The summed E-state index contributed by atoms with van der Waals surface area (Å²) in [5.41, 5.74) is 5.72. The van der Waals surface area contributed by atoms with Gasteiger partial charge in [0.05, 0.1) is 0 Å². The van der Waals surface area contributed by atoms with Crippen LogP contribution in [0.1, 0.15) is 22.3 Å². The van der Waals surface area contributed by atoms with E-state index in [9.17, 15) is 9.90 Å². The Morgan fingerprint density at radius 1 is 1.07 bits per heavy atom. The average molecular weight is 397 g/mol. The van der Waals surface area contributed by atoms with E-state index in [0.717, 1.165) is 33.4 Å². The molecule has 0 aliphatic heterocycles. The minimum Gasteiger partial charge on any atom is -0.507 e. The van der Waals surface area contributed by atoms with E-state index in [1.165, 1.54) is 0 Å². The van der Waals surface area contributed by atoms with Gasteiger partial charge in [0.25, 0.3) is 0 Å².